The minimum Gasteiger partial charge on any atom is -0.302 e. The monoisotopic (exact) mass is 415 g/mol. The van der Waals surface area contributed by atoms with Crippen LogP contribution in [0.25, 0.3) is 10.6 Å². The van der Waals surface area contributed by atoms with Crippen LogP contribution in [0.3, 0.4) is 0 Å². The highest BCUT2D eigenvalue weighted by atomic mass is 79.9. The zero-order chi connectivity index (χ0) is 16.4. The Hall–Kier alpha value is -0.800. The van der Waals surface area contributed by atoms with E-state index >= 15 is 0 Å². The van der Waals surface area contributed by atoms with Crippen molar-refractivity contribution in [2.24, 2.45) is 0 Å². The predicted octanol–water partition coefficient (Wildman–Crippen LogP) is 2.95. The van der Waals surface area contributed by atoms with Gasteiger partial charge in [-0.25, -0.2) is 18.1 Å². The summed E-state index contributed by atoms with van der Waals surface area (Å²) in [5, 5.41) is 0.702. The highest BCUT2D eigenvalue weighted by Gasteiger charge is 2.26. The van der Waals surface area contributed by atoms with Crippen molar-refractivity contribution < 1.29 is 8.42 Å². The third kappa shape index (κ3) is 4.39. The van der Waals surface area contributed by atoms with Crippen LogP contribution >= 0.6 is 27.3 Å². The molecule has 1 N–H and O–H groups in total. The van der Waals surface area contributed by atoms with Gasteiger partial charge in [0.05, 0.1) is 6.20 Å². The molecule has 5 nitrogen and oxygen atoms in total. The number of halogens is 1. The molecule has 1 aliphatic rings. The van der Waals surface area contributed by atoms with Crippen LogP contribution in [0.5, 0.6) is 0 Å². The largest absolute Gasteiger partial charge is 0.302 e. The number of hydrogen-bond donors (Lipinski definition) is 1. The first-order valence-electron chi connectivity index (χ1n) is 7.37. The summed E-state index contributed by atoms with van der Waals surface area (Å²) in [5.41, 5.74) is 0.910. The maximum absolute atomic E-state index is 12.3. The fourth-order valence-electron chi connectivity index (χ4n) is 2.23. The average Bonchev–Trinajstić information content (AvgIpc) is 3.24. The van der Waals surface area contributed by atoms with E-state index in [2.05, 4.69) is 30.5 Å². The number of nitrogens with zero attached hydrogens (tertiary/aromatic N) is 2. The molecule has 1 heterocycles. The van der Waals surface area contributed by atoms with E-state index in [1.807, 2.05) is 31.3 Å². The van der Waals surface area contributed by atoms with Crippen LogP contribution in [0.1, 0.15) is 12.8 Å². The number of nitrogens with one attached hydrogen (secondary N) is 1. The molecule has 0 aliphatic heterocycles. The molecule has 0 bridgehead atoms. The van der Waals surface area contributed by atoms with Gasteiger partial charge in [-0.2, -0.15) is 0 Å². The molecule has 3 rings (SSSR count). The van der Waals surface area contributed by atoms with Gasteiger partial charge >= 0.3 is 0 Å². The topological polar surface area (TPSA) is 62.3 Å². The summed E-state index contributed by atoms with van der Waals surface area (Å²) >= 11 is 4.57. The minimum absolute atomic E-state index is 0.254. The van der Waals surface area contributed by atoms with Gasteiger partial charge in [-0.15, -0.1) is 11.3 Å². The first kappa shape index (κ1) is 17.0. The summed E-state index contributed by atoms with van der Waals surface area (Å²) in [4.78, 5) is 6.43. The van der Waals surface area contributed by atoms with Gasteiger partial charge in [0, 0.05) is 29.2 Å². The molecule has 0 saturated heterocycles. The maximum atomic E-state index is 12.3. The van der Waals surface area contributed by atoms with Gasteiger partial charge in [-0.1, -0.05) is 28.1 Å². The first-order chi connectivity index (χ1) is 11.0. The van der Waals surface area contributed by atoms with Crippen molar-refractivity contribution in [1.82, 2.24) is 14.6 Å². The number of rotatable bonds is 7. The SMILES string of the molecule is CN(CCNS(=O)(=O)c1cnc(-c2ccc(Br)cc2)s1)C1CC1. The Morgan fingerprint density at radius 3 is 2.70 bits per heavy atom. The molecule has 1 saturated carbocycles. The third-order valence-corrected chi connectivity index (χ3v) is 7.26. The molecule has 0 atom stereocenters. The highest BCUT2D eigenvalue weighted by molar-refractivity contribution is 9.10. The lowest BCUT2D eigenvalue weighted by atomic mass is 10.2. The van der Waals surface area contributed by atoms with Crippen LogP contribution in [-0.2, 0) is 10.0 Å². The van der Waals surface area contributed by atoms with Crippen LogP contribution in [0.15, 0.2) is 39.1 Å². The fourth-order valence-corrected chi connectivity index (χ4v) is 4.70. The lowest BCUT2D eigenvalue weighted by molar-refractivity contribution is 0.329. The molecule has 124 valence electrons. The zero-order valence-electron chi connectivity index (χ0n) is 12.7. The van der Waals surface area contributed by atoms with E-state index in [9.17, 15) is 8.42 Å². The first-order valence-corrected chi connectivity index (χ1v) is 10.5. The molecule has 1 fully saturated rings. The molecular weight excluding hydrogens is 398 g/mol. The van der Waals surface area contributed by atoms with Gasteiger partial charge in [-0.05, 0) is 32.0 Å². The number of thiazole rings is 1. The van der Waals surface area contributed by atoms with Crippen molar-refractivity contribution in [2.45, 2.75) is 23.1 Å². The van der Waals surface area contributed by atoms with Gasteiger partial charge in [-0.3, -0.25) is 0 Å². The van der Waals surface area contributed by atoms with Gasteiger partial charge in [0.25, 0.3) is 10.0 Å². The second-order valence-electron chi connectivity index (χ2n) is 5.60. The minimum atomic E-state index is -3.49. The van der Waals surface area contributed by atoms with E-state index in [1.165, 1.54) is 30.4 Å². The molecule has 0 spiro atoms. The molecule has 0 radical (unpaired) electrons. The zero-order valence-corrected chi connectivity index (χ0v) is 15.9. The summed E-state index contributed by atoms with van der Waals surface area (Å²) < 4.78 is 28.6. The average molecular weight is 416 g/mol. The van der Waals surface area contributed by atoms with Gasteiger partial charge < -0.3 is 4.90 Å². The van der Waals surface area contributed by atoms with Gasteiger partial charge in [0.15, 0.2) is 4.21 Å². The van der Waals surface area contributed by atoms with Crippen molar-refractivity contribution in [2.75, 3.05) is 20.1 Å². The summed E-state index contributed by atoms with van der Waals surface area (Å²) in [6.45, 7) is 1.14. The Labute approximate surface area is 148 Å². The van der Waals surface area contributed by atoms with Crippen LogP contribution in [0, 0.1) is 0 Å². The summed E-state index contributed by atoms with van der Waals surface area (Å²) in [6.07, 6.45) is 3.86. The van der Waals surface area contributed by atoms with E-state index in [0.29, 0.717) is 17.6 Å². The molecule has 1 aromatic heterocycles. The Balaban J connectivity index is 1.64. The predicted molar refractivity (Wildman–Crippen MR) is 96.1 cm³/mol. The molecule has 2 aromatic rings. The van der Waals surface area contributed by atoms with Crippen LogP contribution in [0.2, 0.25) is 0 Å². The molecule has 23 heavy (non-hydrogen) atoms. The van der Waals surface area contributed by atoms with E-state index < -0.39 is 10.0 Å². The van der Waals surface area contributed by atoms with Crippen molar-refractivity contribution in [3.05, 3.63) is 34.9 Å². The Kier molecular flexibility index (Phi) is 5.17. The fraction of sp³-hybridized carbons (Fsp3) is 0.400. The van der Waals surface area contributed by atoms with Crippen LogP contribution in [0.4, 0.5) is 0 Å². The second-order valence-corrected chi connectivity index (χ2v) is 9.54. The van der Waals surface area contributed by atoms with Crippen molar-refractivity contribution in [3.63, 3.8) is 0 Å². The Morgan fingerprint density at radius 2 is 2.04 bits per heavy atom. The Bertz CT molecular complexity index is 770. The summed E-state index contributed by atoms with van der Waals surface area (Å²) in [5.74, 6) is 0. The van der Waals surface area contributed by atoms with Gasteiger partial charge in [0.1, 0.15) is 5.01 Å². The molecule has 0 unspecified atom stereocenters. The highest BCUT2D eigenvalue weighted by Crippen LogP contribution is 2.29. The van der Waals surface area contributed by atoms with E-state index in [0.717, 1.165) is 16.6 Å². The van der Waals surface area contributed by atoms with E-state index in [-0.39, 0.29) is 4.21 Å². The summed E-state index contributed by atoms with van der Waals surface area (Å²) in [6, 6.07) is 8.29. The summed E-state index contributed by atoms with van der Waals surface area (Å²) in [7, 11) is -1.45. The normalized spacial score (nSPS) is 15.3. The van der Waals surface area contributed by atoms with E-state index in [4.69, 9.17) is 0 Å². The quantitative estimate of drug-likeness (QED) is 0.754. The van der Waals surface area contributed by atoms with Gasteiger partial charge in [0.2, 0.25) is 0 Å². The lowest BCUT2D eigenvalue weighted by Gasteiger charge is -2.15. The second kappa shape index (κ2) is 6.98. The van der Waals surface area contributed by atoms with Crippen molar-refractivity contribution >= 4 is 37.3 Å². The van der Waals surface area contributed by atoms with Crippen molar-refractivity contribution in [1.29, 1.82) is 0 Å². The third-order valence-electron chi connectivity index (χ3n) is 3.77. The molecule has 0 amide bonds. The molecule has 8 heteroatoms. The maximum Gasteiger partial charge on any atom is 0.251 e. The smallest absolute Gasteiger partial charge is 0.251 e. The van der Waals surface area contributed by atoms with Crippen LogP contribution in [-0.4, -0.2) is 44.5 Å². The molecule has 1 aromatic carbocycles. The molecular formula is C15H18BrN3O2S2. The number of aromatic nitrogens is 1. The molecule has 1 aliphatic carbocycles. The van der Waals surface area contributed by atoms with E-state index in [1.54, 1.807) is 0 Å². The number of sulfonamides is 1. The lowest BCUT2D eigenvalue weighted by Crippen LogP contribution is -2.33. The number of hydrogen-bond acceptors (Lipinski definition) is 5. The number of likely N-dealkylation sites (N-methyl/N-ethyl adjacent to an activating group) is 1. The Morgan fingerprint density at radius 1 is 1.35 bits per heavy atom. The standard InChI is InChI=1S/C15H18BrN3O2S2/c1-19(13-6-7-13)9-8-18-23(20,21)14-10-17-15(22-14)11-2-4-12(16)5-3-11/h2-5,10,13,18H,6-9H2,1H3. The van der Waals surface area contributed by atoms with Crippen molar-refractivity contribution in [3.8, 4) is 10.6 Å². The number of benzene rings is 1. The van der Waals surface area contributed by atoms with Crippen LogP contribution < -0.4 is 4.72 Å².